The fraction of sp³-hybridized carbons (Fsp3) is 0.273. The molecule has 0 fully saturated rings. The van der Waals surface area contributed by atoms with Crippen LogP contribution in [0.2, 0.25) is 0 Å². The number of hydrogen-bond acceptors (Lipinski definition) is 5. The zero-order valence-electron chi connectivity index (χ0n) is 16.0. The van der Waals surface area contributed by atoms with Gasteiger partial charge >= 0.3 is 0 Å². The molecular weight excluding hydrogens is 338 g/mol. The van der Waals surface area contributed by atoms with Gasteiger partial charge in [-0.2, -0.15) is 0 Å². The minimum atomic E-state index is 0.534. The second-order valence-electron chi connectivity index (χ2n) is 6.09. The highest BCUT2D eigenvalue weighted by Gasteiger charge is 2.04. The van der Waals surface area contributed by atoms with Gasteiger partial charge < -0.3 is 15.3 Å². The van der Waals surface area contributed by atoms with Crippen molar-refractivity contribution in [2.75, 3.05) is 13.7 Å². The molecule has 0 saturated heterocycles. The van der Waals surface area contributed by atoms with E-state index in [-0.39, 0.29) is 0 Å². The van der Waals surface area contributed by atoms with E-state index in [0.717, 1.165) is 47.6 Å². The van der Waals surface area contributed by atoms with Crippen LogP contribution in [0, 0.1) is 0 Å². The van der Waals surface area contributed by atoms with E-state index in [1.807, 2.05) is 43.3 Å². The summed E-state index contributed by atoms with van der Waals surface area (Å²) in [7, 11) is 1.57. The van der Waals surface area contributed by atoms with Gasteiger partial charge in [0.25, 0.3) is 0 Å². The number of pyridine rings is 1. The molecule has 5 heteroatoms. The van der Waals surface area contributed by atoms with Gasteiger partial charge in [0.15, 0.2) is 0 Å². The van der Waals surface area contributed by atoms with Crippen LogP contribution in [0.25, 0.3) is 12.3 Å². The second-order valence-corrected chi connectivity index (χ2v) is 6.09. The molecule has 142 valence electrons. The monoisotopic (exact) mass is 365 g/mol. The molecule has 0 spiro atoms. The largest absolute Gasteiger partial charge is 0.494 e. The SMILES string of the molecule is C=c1cccc/c1=C(/C=C\C)NCCCCc1ccc(OC)c(/C=N/O)n1. The second kappa shape index (κ2) is 10.8. The Labute approximate surface area is 160 Å². The Morgan fingerprint density at radius 3 is 2.78 bits per heavy atom. The van der Waals surface area contributed by atoms with Crippen LogP contribution in [0.1, 0.15) is 31.2 Å². The fourth-order valence-corrected chi connectivity index (χ4v) is 2.81. The molecular formula is C22H27N3O2. The number of benzene rings is 1. The van der Waals surface area contributed by atoms with Gasteiger partial charge in [-0.25, -0.2) is 4.98 Å². The van der Waals surface area contributed by atoms with Crippen LogP contribution in [0.4, 0.5) is 0 Å². The topological polar surface area (TPSA) is 66.7 Å². The third kappa shape index (κ3) is 5.99. The Kier molecular flexibility index (Phi) is 8.10. The quantitative estimate of drug-likeness (QED) is 0.310. The third-order valence-corrected chi connectivity index (χ3v) is 4.16. The molecule has 0 unspecified atom stereocenters. The summed E-state index contributed by atoms with van der Waals surface area (Å²) in [5, 5.41) is 17.4. The third-order valence-electron chi connectivity index (χ3n) is 4.16. The average Bonchev–Trinajstić information content (AvgIpc) is 2.68. The molecule has 2 rings (SSSR count). The first-order valence-corrected chi connectivity index (χ1v) is 9.05. The molecule has 0 aliphatic heterocycles. The van der Waals surface area contributed by atoms with Crippen LogP contribution in [0.15, 0.2) is 53.7 Å². The van der Waals surface area contributed by atoms with Gasteiger partial charge in [-0.1, -0.05) is 42.1 Å². The number of aryl methyl sites for hydroxylation is 1. The Morgan fingerprint density at radius 2 is 2.07 bits per heavy atom. The van der Waals surface area contributed by atoms with Gasteiger partial charge in [0, 0.05) is 23.2 Å². The van der Waals surface area contributed by atoms with Gasteiger partial charge in [0.05, 0.1) is 13.3 Å². The standard InChI is InChI=1S/C22H27N3O2/c1-4-9-20(19-12-6-5-10-17(19)2)23-15-8-7-11-18-13-14-22(27-3)21(25-18)16-24-26/h4-6,9-10,12-14,16,23,26H,2,7-8,11,15H2,1,3H3/b9-4-,20-19+,24-16+. The van der Waals surface area contributed by atoms with Crippen molar-refractivity contribution in [1.82, 2.24) is 10.3 Å². The predicted octanol–water partition coefficient (Wildman–Crippen LogP) is 2.61. The molecule has 0 atom stereocenters. The minimum absolute atomic E-state index is 0.534. The van der Waals surface area contributed by atoms with Crippen LogP contribution in [0.3, 0.4) is 0 Å². The number of methoxy groups -OCH3 is 1. The fourth-order valence-electron chi connectivity index (χ4n) is 2.81. The summed E-state index contributed by atoms with van der Waals surface area (Å²) >= 11 is 0. The normalized spacial score (nSPS) is 12.5. The van der Waals surface area contributed by atoms with Crippen molar-refractivity contribution in [3.8, 4) is 5.75 Å². The summed E-state index contributed by atoms with van der Waals surface area (Å²) < 4.78 is 5.21. The lowest BCUT2D eigenvalue weighted by Gasteiger charge is -2.09. The zero-order chi connectivity index (χ0) is 19.5. The van der Waals surface area contributed by atoms with Crippen molar-refractivity contribution in [3.63, 3.8) is 0 Å². The first-order chi connectivity index (χ1) is 13.2. The molecule has 1 aromatic carbocycles. The first-order valence-electron chi connectivity index (χ1n) is 9.05. The van der Waals surface area contributed by atoms with Gasteiger partial charge in [0.1, 0.15) is 11.4 Å². The van der Waals surface area contributed by atoms with E-state index in [0.29, 0.717) is 11.4 Å². The zero-order valence-corrected chi connectivity index (χ0v) is 16.0. The average molecular weight is 365 g/mol. The van der Waals surface area contributed by atoms with Crippen molar-refractivity contribution in [2.24, 2.45) is 5.16 Å². The van der Waals surface area contributed by atoms with Gasteiger partial charge in [0.2, 0.25) is 0 Å². The Balaban J connectivity index is 1.93. The van der Waals surface area contributed by atoms with E-state index in [9.17, 15) is 0 Å². The molecule has 0 aliphatic carbocycles. The van der Waals surface area contributed by atoms with E-state index >= 15 is 0 Å². The van der Waals surface area contributed by atoms with Crippen molar-refractivity contribution in [3.05, 3.63) is 70.4 Å². The summed E-state index contributed by atoms with van der Waals surface area (Å²) in [5.41, 5.74) is 2.57. The molecule has 0 radical (unpaired) electrons. The highest BCUT2D eigenvalue weighted by molar-refractivity contribution is 5.80. The van der Waals surface area contributed by atoms with Crippen molar-refractivity contribution in [2.45, 2.75) is 26.2 Å². The van der Waals surface area contributed by atoms with Gasteiger partial charge in [-0.05, 0) is 49.6 Å². The lowest BCUT2D eigenvalue weighted by atomic mass is 10.1. The Morgan fingerprint density at radius 1 is 1.26 bits per heavy atom. The van der Waals surface area contributed by atoms with Crippen molar-refractivity contribution < 1.29 is 9.94 Å². The van der Waals surface area contributed by atoms with Crippen molar-refractivity contribution in [1.29, 1.82) is 0 Å². The van der Waals surface area contributed by atoms with E-state index in [2.05, 4.69) is 34.2 Å². The van der Waals surface area contributed by atoms with Crippen LogP contribution in [-0.4, -0.2) is 30.1 Å². The first kappa shape index (κ1) is 20.2. The van der Waals surface area contributed by atoms with E-state index in [4.69, 9.17) is 9.94 Å². The van der Waals surface area contributed by atoms with E-state index in [1.165, 1.54) is 6.21 Å². The van der Waals surface area contributed by atoms with E-state index < -0.39 is 0 Å². The highest BCUT2D eigenvalue weighted by atomic mass is 16.5. The number of allylic oxidation sites excluding steroid dienone is 1. The number of aromatic nitrogens is 1. The summed E-state index contributed by atoms with van der Waals surface area (Å²) in [4.78, 5) is 4.48. The highest BCUT2D eigenvalue weighted by Crippen LogP contribution is 2.15. The number of oxime groups is 1. The Hall–Kier alpha value is -3.08. The van der Waals surface area contributed by atoms with Crippen molar-refractivity contribution >= 4 is 18.5 Å². The maximum absolute atomic E-state index is 8.74. The Bertz CT molecular complexity index is 904. The smallest absolute Gasteiger partial charge is 0.146 e. The molecule has 0 amide bonds. The molecule has 27 heavy (non-hydrogen) atoms. The van der Waals surface area contributed by atoms with Crippen LogP contribution < -0.4 is 20.5 Å². The summed E-state index contributed by atoms with van der Waals surface area (Å²) in [5.74, 6) is 0.593. The molecule has 0 bridgehead atoms. The summed E-state index contributed by atoms with van der Waals surface area (Å²) in [6, 6.07) is 11.9. The predicted molar refractivity (Wildman–Crippen MR) is 111 cm³/mol. The molecule has 5 nitrogen and oxygen atoms in total. The van der Waals surface area contributed by atoms with Gasteiger partial charge in [-0.3, -0.25) is 0 Å². The number of hydrogen-bond donors (Lipinski definition) is 2. The van der Waals surface area contributed by atoms with Crippen LogP contribution >= 0.6 is 0 Å². The lowest BCUT2D eigenvalue weighted by Crippen LogP contribution is -2.30. The summed E-state index contributed by atoms with van der Waals surface area (Å²) in [6.07, 6.45) is 8.26. The van der Waals surface area contributed by atoms with Crippen LogP contribution in [-0.2, 0) is 6.42 Å². The molecule has 1 heterocycles. The number of unbranched alkanes of at least 4 members (excludes halogenated alkanes) is 1. The number of ether oxygens (including phenoxy) is 1. The van der Waals surface area contributed by atoms with Crippen LogP contribution in [0.5, 0.6) is 5.75 Å². The number of nitrogens with zero attached hydrogens (tertiary/aromatic N) is 2. The number of rotatable bonds is 9. The maximum Gasteiger partial charge on any atom is 0.146 e. The molecule has 2 N–H and O–H groups in total. The molecule has 0 saturated carbocycles. The molecule has 2 aromatic rings. The molecule has 0 aliphatic rings. The maximum atomic E-state index is 8.74. The molecule has 1 aromatic heterocycles. The summed E-state index contributed by atoms with van der Waals surface area (Å²) in [6.45, 7) is 6.98. The number of nitrogens with one attached hydrogen (secondary N) is 1. The van der Waals surface area contributed by atoms with Gasteiger partial charge in [-0.15, -0.1) is 0 Å². The minimum Gasteiger partial charge on any atom is -0.494 e. The lowest BCUT2D eigenvalue weighted by molar-refractivity contribution is 0.321. The van der Waals surface area contributed by atoms with E-state index in [1.54, 1.807) is 7.11 Å².